The van der Waals surface area contributed by atoms with Gasteiger partial charge in [-0.05, 0) is 48.9 Å². The molecule has 0 aliphatic carbocycles. The number of rotatable bonds is 4. The van der Waals surface area contributed by atoms with Gasteiger partial charge >= 0.3 is 0 Å². The van der Waals surface area contributed by atoms with Crippen molar-refractivity contribution in [1.82, 2.24) is 0 Å². The molecule has 0 aliphatic heterocycles. The molecular weight excluding hydrogens is 446 g/mol. The molecule has 0 atom stereocenters. The third-order valence-corrected chi connectivity index (χ3v) is 7.04. The molecule has 8 heteroatoms. The summed E-state index contributed by atoms with van der Waals surface area (Å²) in [6.45, 7) is 3.95. The summed E-state index contributed by atoms with van der Waals surface area (Å²) in [7, 11) is 1.20. The van der Waals surface area contributed by atoms with Crippen LogP contribution >= 0.6 is 11.3 Å². The lowest BCUT2D eigenvalue weighted by atomic mass is 10.0. The minimum atomic E-state index is -4.27. The van der Waals surface area contributed by atoms with Crippen molar-refractivity contribution in [3.8, 4) is 22.6 Å². The first-order chi connectivity index (χ1) is 15.2. The molecule has 0 saturated heterocycles. The van der Waals surface area contributed by atoms with Crippen LogP contribution < -0.4 is 14.0 Å². The second-order valence-electron chi connectivity index (χ2n) is 7.17. The van der Waals surface area contributed by atoms with Crippen molar-refractivity contribution in [3.05, 3.63) is 71.2 Å². The minimum absolute atomic E-state index is 0.178. The van der Waals surface area contributed by atoms with Gasteiger partial charge in [-0.2, -0.15) is 4.57 Å². The summed E-state index contributed by atoms with van der Waals surface area (Å²) >= 11 is 1.80. The molecule has 4 aromatic rings. The molecule has 3 aromatic carbocycles. The van der Waals surface area contributed by atoms with E-state index in [1.807, 2.05) is 25.1 Å². The van der Waals surface area contributed by atoms with Crippen LogP contribution in [0.15, 0.2) is 65.6 Å². The third kappa shape index (κ3) is 5.09. The number of nitrogens with zero attached hydrogens (tertiary/aromatic N) is 1. The van der Waals surface area contributed by atoms with Gasteiger partial charge in [-0.25, -0.2) is 8.42 Å². The summed E-state index contributed by atoms with van der Waals surface area (Å²) in [5, 5.41) is 1.29. The number of methoxy groups -OCH3 is 2. The Kier molecular flexibility index (Phi) is 7.18. The van der Waals surface area contributed by atoms with E-state index in [1.165, 1.54) is 27.4 Å². The average molecular weight is 472 g/mol. The second kappa shape index (κ2) is 9.68. The van der Waals surface area contributed by atoms with Gasteiger partial charge in [0.05, 0.1) is 24.7 Å². The van der Waals surface area contributed by atoms with Crippen molar-refractivity contribution in [2.24, 2.45) is 7.05 Å². The maximum Gasteiger partial charge on any atom is 0.234 e. The van der Waals surface area contributed by atoms with E-state index >= 15 is 0 Å². The normalized spacial score (nSPS) is 11.1. The summed E-state index contributed by atoms with van der Waals surface area (Å²) in [6.07, 6.45) is 0. The van der Waals surface area contributed by atoms with Crippen molar-refractivity contribution in [3.63, 3.8) is 0 Å². The van der Waals surface area contributed by atoms with Crippen LogP contribution in [0.25, 0.3) is 21.3 Å². The molecule has 0 bridgehead atoms. The maximum absolute atomic E-state index is 10.4. The van der Waals surface area contributed by atoms with Crippen LogP contribution in [0.5, 0.6) is 11.5 Å². The molecule has 1 heterocycles. The molecule has 0 fully saturated rings. The number of thiazole rings is 1. The van der Waals surface area contributed by atoms with Crippen molar-refractivity contribution in [2.45, 2.75) is 18.7 Å². The zero-order chi connectivity index (χ0) is 23.5. The summed E-state index contributed by atoms with van der Waals surface area (Å²) in [6, 6.07) is 18.1. The number of hydrogen-bond acceptors (Lipinski definition) is 6. The Balaban J connectivity index is 0.000000222. The number of fused-ring (bicyclic) bond motifs is 1. The topological polar surface area (TPSA) is 79.5 Å². The third-order valence-electron chi connectivity index (χ3n) is 5.08. The zero-order valence-electron chi connectivity index (χ0n) is 18.6. The van der Waals surface area contributed by atoms with E-state index in [-0.39, 0.29) is 4.90 Å². The highest BCUT2D eigenvalue weighted by atomic mass is 32.2. The molecule has 0 N–H and O–H groups in total. The molecular formula is C24H25NO5S2. The van der Waals surface area contributed by atoms with Crippen molar-refractivity contribution in [2.75, 3.05) is 14.2 Å². The molecule has 0 radical (unpaired) electrons. The van der Waals surface area contributed by atoms with Crippen LogP contribution in [0, 0.1) is 13.8 Å². The summed E-state index contributed by atoms with van der Waals surface area (Å²) in [4.78, 5) is -0.178. The van der Waals surface area contributed by atoms with Crippen molar-refractivity contribution < 1.29 is 27.0 Å². The van der Waals surface area contributed by atoms with Crippen molar-refractivity contribution in [1.29, 1.82) is 0 Å². The quantitative estimate of drug-likeness (QED) is 0.321. The first kappa shape index (κ1) is 23.7. The van der Waals surface area contributed by atoms with E-state index in [9.17, 15) is 13.0 Å². The van der Waals surface area contributed by atoms with Gasteiger partial charge in [0.15, 0.2) is 0 Å². The minimum Gasteiger partial charge on any atom is -0.744 e. The number of aromatic nitrogens is 1. The molecule has 0 aliphatic rings. The monoisotopic (exact) mass is 471 g/mol. The van der Waals surface area contributed by atoms with E-state index < -0.39 is 10.1 Å². The summed E-state index contributed by atoms with van der Waals surface area (Å²) in [5.41, 5.74) is 4.28. The SMILES string of the molecule is COc1cccc(OC)c1-c1ccc2c(c1)sc(C)[n+]2C.Cc1ccc(S(=O)(=O)[O-])cc1. The Labute approximate surface area is 192 Å². The smallest absolute Gasteiger partial charge is 0.234 e. The maximum atomic E-state index is 10.4. The number of aryl methyl sites for hydroxylation is 3. The molecule has 0 saturated carbocycles. The van der Waals surface area contributed by atoms with E-state index in [1.54, 1.807) is 37.7 Å². The largest absolute Gasteiger partial charge is 0.744 e. The van der Waals surface area contributed by atoms with Crippen molar-refractivity contribution >= 4 is 31.7 Å². The van der Waals surface area contributed by atoms with E-state index in [0.29, 0.717) is 0 Å². The lowest BCUT2D eigenvalue weighted by molar-refractivity contribution is -0.646. The molecule has 0 unspecified atom stereocenters. The first-order valence-corrected chi connectivity index (χ1v) is 12.0. The standard InChI is InChI=1S/C17H18NO2S.C7H8O3S/c1-11-18(2)13-9-8-12(10-16(13)21-11)17-14(19-3)6-5-7-15(17)20-4;1-6-2-4-7(5-3-6)11(8,9)10/h5-10H,1-4H3;2-5H,1H3,(H,8,9,10)/q+1;/p-1. The predicted octanol–water partition coefficient (Wildman–Crippen LogP) is 4.62. The van der Waals surface area contributed by atoms with Gasteiger partial charge in [-0.1, -0.05) is 35.1 Å². The second-order valence-corrected chi connectivity index (χ2v) is 9.78. The van der Waals surface area contributed by atoms with Gasteiger partial charge in [0.1, 0.15) is 33.4 Å². The molecule has 4 rings (SSSR count). The van der Waals surface area contributed by atoms with Gasteiger partial charge in [-0.3, -0.25) is 0 Å². The number of ether oxygens (including phenoxy) is 2. The summed E-state index contributed by atoms with van der Waals surface area (Å²) < 4.78 is 45.6. The molecule has 6 nitrogen and oxygen atoms in total. The first-order valence-electron chi connectivity index (χ1n) is 9.78. The zero-order valence-corrected chi connectivity index (χ0v) is 20.2. The van der Waals surface area contributed by atoms with Crippen LogP contribution in [0.2, 0.25) is 0 Å². The highest BCUT2D eigenvalue weighted by molar-refractivity contribution is 7.85. The Bertz CT molecular complexity index is 1320. The van der Waals surface area contributed by atoms with Gasteiger partial charge in [0, 0.05) is 13.0 Å². The molecule has 0 amide bonds. The van der Waals surface area contributed by atoms with Crippen LogP contribution in [0.1, 0.15) is 10.6 Å². The Morgan fingerprint density at radius 3 is 2.03 bits per heavy atom. The number of benzene rings is 3. The fourth-order valence-electron chi connectivity index (χ4n) is 3.27. The Morgan fingerprint density at radius 2 is 1.50 bits per heavy atom. The van der Waals surface area contributed by atoms with E-state index in [4.69, 9.17) is 9.47 Å². The number of hydrogen-bond donors (Lipinski definition) is 0. The van der Waals surface area contributed by atoms with E-state index in [0.717, 1.165) is 28.2 Å². The van der Waals surface area contributed by atoms with Gasteiger partial charge < -0.3 is 14.0 Å². The lowest BCUT2D eigenvalue weighted by Gasteiger charge is -2.12. The van der Waals surface area contributed by atoms with Gasteiger partial charge in [0.25, 0.3) is 0 Å². The average Bonchev–Trinajstić information content (AvgIpc) is 3.06. The van der Waals surface area contributed by atoms with Crippen LogP contribution in [0.3, 0.4) is 0 Å². The summed E-state index contributed by atoms with van der Waals surface area (Å²) in [5.74, 6) is 1.65. The van der Waals surface area contributed by atoms with Crippen LogP contribution in [-0.4, -0.2) is 27.2 Å². The fraction of sp³-hybridized carbons (Fsp3) is 0.208. The fourth-order valence-corrected chi connectivity index (χ4v) is 4.78. The molecule has 0 spiro atoms. The van der Waals surface area contributed by atoms with E-state index in [2.05, 4.69) is 36.7 Å². The van der Waals surface area contributed by atoms with Crippen LogP contribution in [0.4, 0.5) is 0 Å². The van der Waals surface area contributed by atoms with Gasteiger partial charge in [-0.15, -0.1) is 0 Å². The highest BCUT2D eigenvalue weighted by Gasteiger charge is 2.17. The predicted molar refractivity (Wildman–Crippen MR) is 125 cm³/mol. The Morgan fingerprint density at radius 1 is 0.906 bits per heavy atom. The molecule has 32 heavy (non-hydrogen) atoms. The molecule has 168 valence electrons. The highest BCUT2D eigenvalue weighted by Crippen LogP contribution is 2.39. The Hall–Kier alpha value is -2.94. The van der Waals surface area contributed by atoms with Crippen LogP contribution in [-0.2, 0) is 17.2 Å². The molecule has 1 aromatic heterocycles. The lowest BCUT2D eigenvalue weighted by Crippen LogP contribution is -2.28. The van der Waals surface area contributed by atoms with Gasteiger partial charge in [0.2, 0.25) is 10.5 Å².